The van der Waals surface area contributed by atoms with Crippen molar-refractivity contribution >= 4 is 0 Å². The molecule has 0 bridgehead atoms. The summed E-state index contributed by atoms with van der Waals surface area (Å²) in [6.45, 7) is 15.8. The number of nitrogens with zero attached hydrogens (tertiary/aromatic N) is 2. The van der Waals surface area contributed by atoms with Gasteiger partial charge >= 0.3 is 0 Å². The van der Waals surface area contributed by atoms with Gasteiger partial charge in [0.15, 0.2) is 0 Å². The first kappa shape index (κ1) is 15.1. The highest BCUT2D eigenvalue weighted by atomic mass is 15.6. The lowest BCUT2D eigenvalue weighted by molar-refractivity contribution is 0.0411. The zero-order chi connectivity index (χ0) is 13.7. The summed E-state index contributed by atoms with van der Waals surface area (Å²) in [5, 5.41) is 4.99. The van der Waals surface area contributed by atoms with Gasteiger partial charge in [-0.2, -0.15) is 0 Å². The standard InChI is InChI=1S/C16H30N2/c1-7-13-14(8-2)16(10-4)18(12-6)17(11-5)15(13)9-3/h7-12H2,1-6H3. The average molecular weight is 250 g/mol. The lowest BCUT2D eigenvalue weighted by Gasteiger charge is -2.45. The van der Waals surface area contributed by atoms with Crippen LogP contribution in [0.15, 0.2) is 22.5 Å². The van der Waals surface area contributed by atoms with Crippen LogP contribution < -0.4 is 0 Å². The predicted octanol–water partition coefficient (Wildman–Crippen LogP) is 4.71. The van der Waals surface area contributed by atoms with Crippen LogP contribution in [-0.2, 0) is 0 Å². The summed E-state index contributed by atoms with van der Waals surface area (Å²) < 4.78 is 0. The Bertz CT molecular complexity index is 305. The molecular weight excluding hydrogens is 220 g/mol. The van der Waals surface area contributed by atoms with Crippen LogP contribution >= 0.6 is 0 Å². The van der Waals surface area contributed by atoms with E-state index < -0.39 is 0 Å². The van der Waals surface area contributed by atoms with Gasteiger partial charge in [0.05, 0.1) is 0 Å². The summed E-state index contributed by atoms with van der Waals surface area (Å²) in [5.41, 5.74) is 6.28. The molecule has 18 heavy (non-hydrogen) atoms. The van der Waals surface area contributed by atoms with Gasteiger partial charge in [0.2, 0.25) is 0 Å². The van der Waals surface area contributed by atoms with E-state index in [1.807, 2.05) is 0 Å². The van der Waals surface area contributed by atoms with Gasteiger partial charge in [-0.15, -0.1) is 0 Å². The molecule has 0 saturated heterocycles. The molecule has 0 atom stereocenters. The maximum atomic E-state index is 2.50. The zero-order valence-corrected chi connectivity index (χ0v) is 13.1. The molecule has 0 aliphatic carbocycles. The molecule has 0 N–H and O–H groups in total. The summed E-state index contributed by atoms with van der Waals surface area (Å²) in [5.74, 6) is 0. The number of hydrogen-bond donors (Lipinski definition) is 0. The van der Waals surface area contributed by atoms with Crippen molar-refractivity contribution in [3.63, 3.8) is 0 Å². The number of hydrogen-bond acceptors (Lipinski definition) is 2. The topological polar surface area (TPSA) is 6.48 Å². The molecular formula is C16H30N2. The predicted molar refractivity (Wildman–Crippen MR) is 80.0 cm³/mol. The minimum atomic E-state index is 1.07. The van der Waals surface area contributed by atoms with E-state index in [1.165, 1.54) is 11.4 Å². The van der Waals surface area contributed by atoms with Crippen molar-refractivity contribution in [3.05, 3.63) is 22.5 Å². The van der Waals surface area contributed by atoms with Crippen LogP contribution in [-0.4, -0.2) is 23.1 Å². The van der Waals surface area contributed by atoms with Crippen LogP contribution in [0.3, 0.4) is 0 Å². The van der Waals surface area contributed by atoms with Crippen molar-refractivity contribution in [2.45, 2.75) is 67.2 Å². The van der Waals surface area contributed by atoms with Gasteiger partial charge in [0.1, 0.15) is 0 Å². The fourth-order valence-corrected chi connectivity index (χ4v) is 3.30. The first-order chi connectivity index (χ1) is 8.69. The van der Waals surface area contributed by atoms with Crippen molar-refractivity contribution < 1.29 is 0 Å². The summed E-state index contributed by atoms with van der Waals surface area (Å²) in [4.78, 5) is 0. The zero-order valence-electron chi connectivity index (χ0n) is 13.1. The molecule has 1 heterocycles. The van der Waals surface area contributed by atoms with E-state index in [4.69, 9.17) is 0 Å². The van der Waals surface area contributed by atoms with E-state index in [2.05, 4.69) is 51.6 Å². The molecule has 2 nitrogen and oxygen atoms in total. The van der Waals surface area contributed by atoms with E-state index in [1.54, 1.807) is 11.1 Å². The highest BCUT2D eigenvalue weighted by Gasteiger charge is 2.27. The van der Waals surface area contributed by atoms with Crippen LogP contribution in [0.1, 0.15) is 67.2 Å². The van der Waals surface area contributed by atoms with E-state index in [9.17, 15) is 0 Å². The third-order valence-corrected chi connectivity index (χ3v) is 3.95. The van der Waals surface area contributed by atoms with Gasteiger partial charge in [-0.1, -0.05) is 27.7 Å². The third kappa shape index (κ3) is 2.43. The molecule has 0 fully saturated rings. The Hall–Kier alpha value is -0.920. The minimum Gasteiger partial charge on any atom is -0.290 e. The van der Waals surface area contributed by atoms with Gasteiger partial charge in [0, 0.05) is 24.5 Å². The molecule has 104 valence electrons. The Labute approximate surface area is 113 Å². The largest absolute Gasteiger partial charge is 0.290 e. The smallest absolute Gasteiger partial charge is 0.0380 e. The Morgan fingerprint density at radius 1 is 0.556 bits per heavy atom. The normalized spacial score (nSPS) is 17.0. The van der Waals surface area contributed by atoms with Crippen LogP contribution in [0.4, 0.5) is 0 Å². The summed E-state index contributed by atoms with van der Waals surface area (Å²) in [6.07, 6.45) is 4.58. The summed E-state index contributed by atoms with van der Waals surface area (Å²) in [7, 11) is 0. The summed E-state index contributed by atoms with van der Waals surface area (Å²) in [6, 6.07) is 0. The van der Waals surface area contributed by atoms with E-state index in [0.29, 0.717) is 0 Å². The average Bonchev–Trinajstić information content (AvgIpc) is 2.43. The van der Waals surface area contributed by atoms with Gasteiger partial charge in [-0.3, -0.25) is 10.0 Å². The molecule has 1 aliphatic rings. The van der Waals surface area contributed by atoms with Crippen LogP contribution in [0.5, 0.6) is 0 Å². The van der Waals surface area contributed by atoms with Crippen molar-refractivity contribution in [2.75, 3.05) is 13.1 Å². The minimum absolute atomic E-state index is 1.07. The molecule has 0 radical (unpaired) electrons. The Kier molecular flexibility index (Phi) is 5.77. The van der Waals surface area contributed by atoms with Gasteiger partial charge in [-0.05, 0) is 50.7 Å². The summed E-state index contributed by atoms with van der Waals surface area (Å²) >= 11 is 0. The van der Waals surface area contributed by atoms with Crippen molar-refractivity contribution in [1.29, 1.82) is 0 Å². The highest BCUT2D eigenvalue weighted by Crippen LogP contribution is 2.36. The maximum absolute atomic E-state index is 2.50. The second-order valence-electron chi connectivity index (χ2n) is 4.70. The molecule has 0 aromatic rings. The van der Waals surface area contributed by atoms with Gasteiger partial charge in [0.25, 0.3) is 0 Å². The van der Waals surface area contributed by atoms with E-state index in [0.717, 1.165) is 38.8 Å². The van der Waals surface area contributed by atoms with Crippen molar-refractivity contribution in [1.82, 2.24) is 10.0 Å². The SMILES string of the molecule is CCC1=C(CC)N(CC)N(CC)C(CC)=C1CC. The molecule has 2 heteroatoms. The number of allylic oxidation sites excluding steroid dienone is 4. The molecule has 0 aromatic carbocycles. The highest BCUT2D eigenvalue weighted by molar-refractivity contribution is 5.40. The number of rotatable bonds is 6. The van der Waals surface area contributed by atoms with Crippen LogP contribution in [0.2, 0.25) is 0 Å². The molecule has 0 aromatic heterocycles. The number of hydrazine groups is 1. The molecule has 0 spiro atoms. The fourth-order valence-electron chi connectivity index (χ4n) is 3.30. The molecule has 0 unspecified atom stereocenters. The lowest BCUT2D eigenvalue weighted by Crippen LogP contribution is -2.44. The monoisotopic (exact) mass is 250 g/mol. The first-order valence-corrected chi connectivity index (χ1v) is 7.69. The Morgan fingerprint density at radius 3 is 1.06 bits per heavy atom. The maximum Gasteiger partial charge on any atom is 0.0380 e. The van der Waals surface area contributed by atoms with E-state index in [-0.39, 0.29) is 0 Å². The molecule has 0 amide bonds. The van der Waals surface area contributed by atoms with Gasteiger partial charge < -0.3 is 0 Å². The second-order valence-corrected chi connectivity index (χ2v) is 4.70. The Balaban J connectivity index is 3.39. The second kappa shape index (κ2) is 6.86. The van der Waals surface area contributed by atoms with Crippen molar-refractivity contribution in [3.8, 4) is 0 Å². The van der Waals surface area contributed by atoms with Crippen molar-refractivity contribution in [2.24, 2.45) is 0 Å². The van der Waals surface area contributed by atoms with E-state index >= 15 is 0 Å². The third-order valence-electron chi connectivity index (χ3n) is 3.95. The quantitative estimate of drug-likeness (QED) is 0.674. The van der Waals surface area contributed by atoms with Crippen LogP contribution in [0.25, 0.3) is 0 Å². The molecule has 0 saturated carbocycles. The fraction of sp³-hybridized carbons (Fsp3) is 0.750. The lowest BCUT2D eigenvalue weighted by atomic mass is 9.92. The molecule has 1 aliphatic heterocycles. The van der Waals surface area contributed by atoms with Crippen LogP contribution in [0, 0.1) is 0 Å². The van der Waals surface area contributed by atoms with Gasteiger partial charge in [-0.25, -0.2) is 0 Å². The molecule has 1 rings (SSSR count). The Morgan fingerprint density at radius 2 is 0.889 bits per heavy atom. The first-order valence-electron chi connectivity index (χ1n) is 7.69.